The van der Waals surface area contributed by atoms with Gasteiger partial charge >= 0.3 is 0 Å². The van der Waals surface area contributed by atoms with Crippen LogP contribution in [-0.4, -0.2) is 11.6 Å². The number of amides is 1. The van der Waals surface area contributed by atoms with Crippen molar-refractivity contribution in [3.8, 4) is 0 Å². The van der Waals surface area contributed by atoms with Gasteiger partial charge in [0.2, 0.25) is 0 Å². The van der Waals surface area contributed by atoms with Crippen LogP contribution in [0.5, 0.6) is 0 Å². The Morgan fingerprint density at radius 2 is 2.18 bits per heavy atom. The maximum Gasteiger partial charge on any atom is 0.279 e. The summed E-state index contributed by atoms with van der Waals surface area (Å²) in [5.41, 5.74) is 2.73. The Labute approximate surface area is 68.6 Å². The van der Waals surface area contributed by atoms with Crippen molar-refractivity contribution in [2.75, 3.05) is 0 Å². The van der Waals surface area contributed by atoms with Gasteiger partial charge in [-0.3, -0.25) is 4.79 Å². The van der Waals surface area contributed by atoms with Crippen molar-refractivity contribution in [1.82, 2.24) is 0 Å². The van der Waals surface area contributed by atoms with Gasteiger partial charge in [-0.2, -0.15) is 0 Å². The summed E-state index contributed by atoms with van der Waals surface area (Å²) in [6.45, 7) is 3.82. The summed E-state index contributed by atoms with van der Waals surface area (Å²) in [6.07, 6.45) is 0. The second-order valence-corrected chi connectivity index (χ2v) is 3.50. The van der Waals surface area contributed by atoms with Crippen molar-refractivity contribution < 1.29 is 4.79 Å². The normalized spacial score (nSPS) is 15.1. The molecule has 11 heavy (non-hydrogen) atoms. The number of hydrogen-bond acceptors (Lipinski definition) is 2. The highest BCUT2D eigenvalue weighted by molar-refractivity contribution is 7.13. The molecule has 0 N–H and O–H groups in total. The lowest BCUT2D eigenvalue weighted by Crippen LogP contribution is -1.89. The SMILES string of the molecule is CC1=NC(=O)c2c(C)csc21. The van der Waals surface area contributed by atoms with Crippen LogP contribution in [0.2, 0.25) is 0 Å². The number of carbonyl (C=O) groups is 1. The fourth-order valence-electron chi connectivity index (χ4n) is 1.24. The smallest absolute Gasteiger partial charge is 0.267 e. The van der Waals surface area contributed by atoms with E-state index in [0.717, 1.165) is 21.7 Å². The van der Waals surface area contributed by atoms with E-state index >= 15 is 0 Å². The molecule has 2 nitrogen and oxygen atoms in total. The molecule has 1 aromatic rings. The van der Waals surface area contributed by atoms with Gasteiger partial charge in [0, 0.05) is 0 Å². The number of fused-ring (bicyclic) bond motifs is 1. The number of nitrogens with zero attached hydrogens (tertiary/aromatic N) is 1. The van der Waals surface area contributed by atoms with Gasteiger partial charge in [-0.1, -0.05) is 0 Å². The van der Waals surface area contributed by atoms with Crippen LogP contribution in [0, 0.1) is 6.92 Å². The Morgan fingerprint density at radius 1 is 1.45 bits per heavy atom. The first-order chi connectivity index (χ1) is 5.20. The molecule has 0 saturated heterocycles. The highest BCUT2D eigenvalue weighted by Crippen LogP contribution is 2.27. The number of thiophene rings is 1. The summed E-state index contributed by atoms with van der Waals surface area (Å²) in [5, 5.41) is 2.00. The minimum atomic E-state index is -0.0729. The Hall–Kier alpha value is -0.960. The average molecular weight is 165 g/mol. The molecule has 3 heteroatoms. The zero-order chi connectivity index (χ0) is 8.01. The third kappa shape index (κ3) is 0.775. The molecule has 0 saturated carbocycles. The first kappa shape index (κ1) is 6.73. The predicted octanol–water partition coefficient (Wildman–Crippen LogP) is 2.02. The molecule has 0 unspecified atom stereocenters. The molecule has 1 amide bonds. The maximum atomic E-state index is 11.2. The fraction of sp³-hybridized carbons (Fsp3) is 0.250. The van der Waals surface area contributed by atoms with E-state index in [2.05, 4.69) is 4.99 Å². The van der Waals surface area contributed by atoms with Gasteiger partial charge < -0.3 is 0 Å². The van der Waals surface area contributed by atoms with Crippen LogP contribution in [0.3, 0.4) is 0 Å². The summed E-state index contributed by atoms with van der Waals surface area (Å²) in [6, 6.07) is 0. The van der Waals surface area contributed by atoms with Crippen molar-refractivity contribution in [2.24, 2.45) is 4.99 Å². The number of aliphatic imine (C=N–C) groups is 1. The zero-order valence-corrected chi connectivity index (χ0v) is 7.16. The topological polar surface area (TPSA) is 29.4 Å². The minimum Gasteiger partial charge on any atom is -0.267 e. The van der Waals surface area contributed by atoms with E-state index in [-0.39, 0.29) is 5.91 Å². The Kier molecular flexibility index (Phi) is 1.23. The van der Waals surface area contributed by atoms with Gasteiger partial charge in [0.15, 0.2) is 0 Å². The van der Waals surface area contributed by atoms with Crippen molar-refractivity contribution in [2.45, 2.75) is 13.8 Å². The van der Waals surface area contributed by atoms with Crippen molar-refractivity contribution in [3.05, 3.63) is 21.4 Å². The summed E-state index contributed by atoms with van der Waals surface area (Å²) >= 11 is 1.60. The first-order valence-corrected chi connectivity index (χ1v) is 4.26. The number of aryl methyl sites for hydroxylation is 1. The Bertz CT molecular complexity index is 362. The molecule has 1 aromatic heterocycles. The molecule has 0 bridgehead atoms. The molecule has 0 fully saturated rings. The largest absolute Gasteiger partial charge is 0.279 e. The van der Waals surface area contributed by atoms with Gasteiger partial charge in [0.1, 0.15) is 0 Å². The number of carbonyl (C=O) groups excluding carboxylic acids is 1. The lowest BCUT2D eigenvalue weighted by molar-refractivity contribution is 0.101. The molecule has 0 radical (unpaired) electrons. The lowest BCUT2D eigenvalue weighted by Gasteiger charge is -1.86. The van der Waals surface area contributed by atoms with E-state index in [1.54, 1.807) is 11.3 Å². The quantitative estimate of drug-likeness (QED) is 0.578. The molecular weight excluding hydrogens is 158 g/mol. The molecule has 0 aliphatic carbocycles. The molecule has 0 aromatic carbocycles. The van der Waals surface area contributed by atoms with Crippen LogP contribution >= 0.6 is 11.3 Å². The summed E-state index contributed by atoms with van der Waals surface area (Å²) in [7, 11) is 0. The van der Waals surface area contributed by atoms with E-state index in [0.29, 0.717) is 0 Å². The van der Waals surface area contributed by atoms with E-state index < -0.39 is 0 Å². The predicted molar refractivity (Wildman–Crippen MR) is 45.6 cm³/mol. The monoisotopic (exact) mass is 165 g/mol. The summed E-state index contributed by atoms with van der Waals surface area (Å²) in [4.78, 5) is 16.1. The van der Waals surface area contributed by atoms with Crippen molar-refractivity contribution in [3.63, 3.8) is 0 Å². The first-order valence-electron chi connectivity index (χ1n) is 3.38. The van der Waals surface area contributed by atoms with Gasteiger partial charge in [-0.25, -0.2) is 4.99 Å². The molecule has 56 valence electrons. The lowest BCUT2D eigenvalue weighted by atomic mass is 10.1. The van der Waals surface area contributed by atoms with Gasteiger partial charge in [0.25, 0.3) is 5.91 Å². The highest BCUT2D eigenvalue weighted by Gasteiger charge is 2.23. The van der Waals surface area contributed by atoms with E-state index in [1.165, 1.54) is 0 Å². The molecule has 1 aliphatic rings. The fourth-order valence-corrected chi connectivity index (χ4v) is 2.23. The van der Waals surface area contributed by atoms with Crippen LogP contribution in [0.15, 0.2) is 10.4 Å². The zero-order valence-electron chi connectivity index (χ0n) is 6.34. The van der Waals surface area contributed by atoms with Crippen molar-refractivity contribution in [1.29, 1.82) is 0 Å². The van der Waals surface area contributed by atoms with E-state index in [4.69, 9.17) is 0 Å². The van der Waals surface area contributed by atoms with E-state index in [9.17, 15) is 4.79 Å². The molecule has 0 spiro atoms. The average Bonchev–Trinajstić information content (AvgIpc) is 2.41. The molecule has 2 heterocycles. The summed E-state index contributed by atoms with van der Waals surface area (Å²) in [5.74, 6) is -0.0729. The van der Waals surface area contributed by atoms with Crippen LogP contribution in [0.1, 0.15) is 27.7 Å². The van der Waals surface area contributed by atoms with Crippen LogP contribution < -0.4 is 0 Å². The maximum absolute atomic E-state index is 11.2. The van der Waals surface area contributed by atoms with Gasteiger partial charge in [0.05, 0.1) is 16.2 Å². The standard InChI is InChI=1S/C8H7NOS/c1-4-3-11-7-5(2)9-8(10)6(4)7/h3H,1-2H3. The Morgan fingerprint density at radius 3 is 2.82 bits per heavy atom. The van der Waals surface area contributed by atoms with E-state index in [1.807, 2.05) is 19.2 Å². The van der Waals surface area contributed by atoms with Crippen LogP contribution in [0.4, 0.5) is 0 Å². The molecular formula is C8H7NOS. The Balaban J connectivity index is 2.73. The number of hydrogen-bond donors (Lipinski definition) is 0. The molecule has 0 atom stereocenters. The van der Waals surface area contributed by atoms with Gasteiger partial charge in [-0.05, 0) is 24.8 Å². The summed E-state index contributed by atoms with van der Waals surface area (Å²) < 4.78 is 0. The van der Waals surface area contributed by atoms with Crippen LogP contribution in [0.25, 0.3) is 0 Å². The highest BCUT2D eigenvalue weighted by atomic mass is 32.1. The van der Waals surface area contributed by atoms with Crippen LogP contribution in [-0.2, 0) is 0 Å². The van der Waals surface area contributed by atoms with Gasteiger partial charge in [-0.15, -0.1) is 11.3 Å². The third-order valence-electron chi connectivity index (χ3n) is 1.79. The molecule has 2 rings (SSSR count). The molecule has 1 aliphatic heterocycles. The van der Waals surface area contributed by atoms with Crippen molar-refractivity contribution >= 4 is 23.0 Å². The number of rotatable bonds is 0. The second-order valence-electron chi connectivity index (χ2n) is 2.63. The second kappa shape index (κ2) is 2.01. The minimum absolute atomic E-state index is 0.0729. The third-order valence-corrected chi connectivity index (χ3v) is 2.99.